The summed E-state index contributed by atoms with van der Waals surface area (Å²) in [5.74, 6) is 0. The standard InChI is InChI=1S/C15H24O6S/c1-12(9-16)19-10-13(2)20-11-14(3)21-22(17,18)15-7-5-4-6-8-15/h4-8,12-14,16H,9-11H2,1-3H3. The lowest BCUT2D eigenvalue weighted by Crippen LogP contribution is -2.27. The minimum atomic E-state index is -3.78. The van der Waals surface area contributed by atoms with Crippen molar-refractivity contribution in [3.05, 3.63) is 30.3 Å². The molecule has 3 unspecified atom stereocenters. The molecule has 1 rings (SSSR count). The van der Waals surface area contributed by atoms with E-state index in [0.717, 1.165) is 0 Å². The number of hydrogen-bond acceptors (Lipinski definition) is 6. The first-order valence-electron chi connectivity index (χ1n) is 7.17. The van der Waals surface area contributed by atoms with Crippen molar-refractivity contribution in [1.82, 2.24) is 0 Å². The zero-order chi connectivity index (χ0) is 16.6. The van der Waals surface area contributed by atoms with E-state index in [1.807, 2.05) is 6.92 Å². The normalized spacial score (nSPS) is 16.2. The van der Waals surface area contributed by atoms with Gasteiger partial charge in [0.2, 0.25) is 0 Å². The summed E-state index contributed by atoms with van der Waals surface area (Å²) in [5, 5.41) is 8.85. The molecule has 0 radical (unpaired) electrons. The van der Waals surface area contributed by atoms with Crippen LogP contribution in [0.5, 0.6) is 0 Å². The summed E-state index contributed by atoms with van der Waals surface area (Å²) in [6.45, 7) is 5.59. The Morgan fingerprint density at radius 2 is 1.50 bits per heavy atom. The molecule has 6 nitrogen and oxygen atoms in total. The third-order valence-electron chi connectivity index (χ3n) is 2.81. The molecule has 0 bridgehead atoms. The van der Waals surface area contributed by atoms with Crippen LogP contribution in [0.25, 0.3) is 0 Å². The minimum Gasteiger partial charge on any atom is -0.394 e. The zero-order valence-corrected chi connectivity index (χ0v) is 14.0. The van der Waals surface area contributed by atoms with Crippen molar-refractivity contribution in [1.29, 1.82) is 0 Å². The van der Waals surface area contributed by atoms with Gasteiger partial charge in [0, 0.05) is 0 Å². The van der Waals surface area contributed by atoms with E-state index in [2.05, 4.69) is 0 Å². The lowest BCUT2D eigenvalue weighted by atomic mass is 10.4. The molecule has 1 N–H and O–H groups in total. The van der Waals surface area contributed by atoms with E-state index in [9.17, 15) is 8.42 Å². The third kappa shape index (κ3) is 6.85. The molecule has 1 aromatic carbocycles. The minimum absolute atomic E-state index is 0.0540. The fourth-order valence-electron chi connectivity index (χ4n) is 1.59. The molecule has 0 aliphatic rings. The molecule has 0 heterocycles. The summed E-state index contributed by atoms with van der Waals surface area (Å²) in [5.41, 5.74) is 0. The Bertz CT molecular complexity index is 516. The lowest BCUT2D eigenvalue weighted by Gasteiger charge is -2.19. The summed E-state index contributed by atoms with van der Waals surface area (Å²) in [6, 6.07) is 7.98. The maximum Gasteiger partial charge on any atom is 0.297 e. The molecule has 0 amide bonds. The first-order chi connectivity index (χ1) is 10.3. The smallest absolute Gasteiger partial charge is 0.297 e. The SMILES string of the molecule is CC(CO)OCC(C)OCC(C)OS(=O)(=O)c1ccccc1. The van der Waals surface area contributed by atoms with Crippen LogP contribution in [0.15, 0.2) is 35.2 Å². The van der Waals surface area contributed by atoms with Gasteiger partial charge in [-0.25, -0.2) is 0 Å². The summed E-state index contributed by atoms with van der Waals surface area (Å²) >= 11 is 0. The Hall–Kier alpha value is -0.990. The highest BCUT2D eigenvalue weighted by atomic mass is 32.2. The molecule has 126 valence electrons. The van der Waals surface area contributed by atoms with E-state index in [1.165, 1.54) is 12.1 Å². The molecule has 7 heteroatoms. The number of aliphatic hydroxyl groups is 1. The van der Waals surface area contributed by atoms with Crippen LogP contribution in [0.4, 0.5) is 0 Å². The molecule has 0 saturated heterocycles. The third-order valence-corrected chi connectivity index (χ3v) is 4.24. The van der Waals surface area contributed by atoms with E-state index in [1.54, 1.807) is 32.0 Å². The van der Waals surface area contributed by atoms with Crippen LogP contribution in [-0.4, -0.2) is 51.7 Å². The molecule has 0 spiro atoms. The molecule has 0 aromatic heterocycles. The van der Waals surface area contributed by atoms with Crippen LogP contribution < -0.4 is 0 Å². The summed E-state index contributed by atoms with van der Waals surface area (Å²) in [7, 11) is -3.78. The van der Waals surface area contributed by atoms with Gasteiger partial charge in [-0.15, -0.1) is 0 Å². The number of hydrogen-bond donors (Lipinski definition) is 1. The van der Waals surface area contributed by atoms with E-state index < -0.39 is 16.2 Å². The Labute approximate surface area is 132 Å². The van der Waals surface area contributed by atoms with Gasteiger partial charge >= 0.3 is 0 Å². The molecule has 3 atom stereocenters. The zero-order valence-electron chi connectivity index (χ0n) is 13.1. The van der Waals surface area contributed by atoms with Gasteiger partial charge in [-0.3, -0.25) is 4.18 Å². The Morgan fingerprint density at radius 3 is 2.09 bits per heavy atom. The van der Waals surface area contributed by atoms with Gasteiger partial charge in [0.15, 0.2) is 0 Å². The van der Waals surface area contributed by atoms with Gasteiger partial charge in [0.25, 0.3) is 10.1 Å². The van der Waals surface area contributed by atoms with E-state index >= 15 is 0 Å². The van der Waals surface area contributed by atoms with Crippen LogP contribution >= 0.6 is 0 Å². The number of rotatable bonds is 10. The van der Waals surface area contributed by atoms with Gasteiger partial charge in [0.05, 0.1) is 43.0 Å². The first-order valence-corrected chi connectivity index (χ1v) is 8.58. The highest BCUT2D eigenvalue weighted by molar-refractivity contribution is 7.86. The number of ether oxygens (including phenoxy) is 2. The second-order valence-corrected chi connectivity index (χ2v) is 6.72. The summed E-state index contributed by atoms with van der Waals surface area (Å²) < 4.78 is 39.9. The highest BCUT2D eigenvalue weighted by Gasteiger charge is 2.19. The lowest BCUT2D eigenvalue weighted by molar-refractivity contribution is -0.0585. The van der Waals surface area contributed by atoms with Crippen molar-refractivity contribution in [2.24, 2.45) is 0 Å². The van der Waals surface area contributed by atoms with Crippen LogP contribution in [-0.2, 0) is 23.8 Å². The summed E-state index contributed by atoms with van der Waals surface area (Å²) in [6.07, 6.45) is -1.08. The Morgan fingerprint density at radius 1 is 0.955 bits per heavy atom. The van der Waals surface area contributed by atoms with Gasteiger partial charge < -0.3 is 14.6 Å². The molecule has 22 heavy (non-hydrogen) atoms. The van der Waals surface area contributed by atoms with Crippen molar-refractivity contribution in [2.45, 2.75) is 44.0 Å². The van der Waals surface area contributed by atoms with Crippen molar-refractivity contribution in [2.75, 3.05) is 19.8 Å². The van der Waals surface area contributed by atoms with Gasteiger partial charge in [-0.05, 0) is 32.9 Å². The van der Waals surface area contributed by atoms with Crippen LogP contribution in [0, 0.1) is 0 Å². The molecular formula is C15H24O6S. The quantitative estimate of drug-likeness (QED) is 0.655. The van der Waals surface area contributed by atoms with Gasteiger partial charge in [0.1, 0.15) is 0 Å². The van der Waals surface area contributed by atoms with Crippen LogP contribution in [0.3, 0.4) is 0 Å². The van der Waals surface area contributed by atoms with E-state index in [4.69, 9.17) is 18.8 Å². The predicted octanol–water partition coefficient (Wildman–Crippen LogP) is 1.58. The number of benzene rings is 1. The van der Waals surface area contributed by atoms with Crippen molar-refractivity contribution in [3.8, 4) is 0 Å². The summed E-state index contributed by atoms with van der Waals surface area (Å²) in [4.78, 5) is 0.120. The number of aliphatic hydroxyl groups excluding tert-OH is 1. The molecule has 0 aliphatic heterocycles. The second kappa shape index (κ2) is 9.22. The highest BCUT2D eigenvalue weighted by Crippen LogP contribution is 2.14. The molecule has 0 fully saturated rings. The maximum atomic E-state index is 12.0. The Kier molecular flexibility index (Phi) is 7.98. The fraction of sp³-hybridized carbons (Fsp3) is 0.600. The van der Waals surface area contributed by atoms with Gasteiger partial charge in [-0.2, -0.15) is 8.42 Å². The van der Waals surface area contributed by atoms with E-state index in [0.29, 0.717) is 6.61 Å². The van der Waals surface area contributed by atoms with Crippen molar-refractivity contribution < 1.29 is 27.2 Å². The second-order valence-electron chi connectivity index (χ2n) is 5.14. The topological polar surface area (TPSA) is 82.1 Å². The first kappa shape index (κ1) is 19.1. The fourth-order valence-corrected chi connectivity index (χ4v) is 2.68. The predicted molar refractivity (Wildman–Crippen MR) is 82.1 cm³/mol. The van der Waals surface area contributed by atoms with Gasteiger partial charge in [-0.1, -0.05) is 18.2 Å². The molecule has 1 aromatic rings. The maximum absolute atomic E-state index is 12.0. The molecular weight excluding hydrogens is 308 g/mol. The monoisotopic (exact) mass is 332 g/mol. The van der Waals surface area contributed by atoms with Crippen LogP contribution in [0.1, 0.15) is 20.8 Å². The van der Waals surface area contributed by atoms with Crippen LogP contribution in [0.2, 0.25) is 0 Å². The molecule has 0 saturated carbocycles. The van der Waals surface area contributed by atoms with E-state index in [-0.39, 0.29) is 30.3 Å². The van der Waals surface area contributed by atoms with Crippen molar-refractivity contribution in [3.63, 3.8) is 0 Å². The average molecular weight is 332 g/mol. The largest absolute Gasteiger partial charge is 0.394 e. The molecule has 0 aliphatic carbocycles. The Balaban J connectivity index is 2.38. The average Bonchev–Trinajstić information content (AvgIpc) is 2.51. The van der Waals surface area contributed by atoms with Crippen molar-refractivity contribution >= 4 is 10.1 Å².